The zero-order chi connectivity index (χ0) is 25.1. The first kappa shape index (κ1) is 24.3. The lowest BCUT2D eigenvalue weighted by molar-refractivity contribution is -0.117. The van der Waals surface area contributed by atoms with Crippen molar-refractivity contribution in [3.8, 4) is 23.0 Å². The van der Waals surface area contributed by atoms with Gasteiger partial charge in [-0.25, -0.2) is 0 Å². The molecule has 1 aliphatic heterocycles. The van der Waals surface area contributed by atoms with Gasteiger partial charge in [-0.05, 0) is 37.1 Å². The fraction of sp³-hybridized carbons (Fsp3) is 0.385. The van der Waals surface area contributed by atoms with Gasteiger partial charge in [0.15, 0.2) is 11.5 Å². The second kappa shape index (κ2) is 10.2. The van der Waals surface area contributed by atoms with Crippen LogP contribution in [0.1, 0.15) is 28.9 Å². The lowest BCUT2D eigenvalue weighted by Gasteiger charge is -2.18. The molecule has 0 bridgehead atoms. The summed E-state index contributed by atoms with van der Waals surface area (Å²) >= 11 is 0. The van der Waals surface area contributed by atoms with Crippen LogP contribution in [-0.4, -0.2) is 57.9 Å². The molecule has 0 radical (unpaired) electrons. The quantitative estimate of drug-likeness (QED) is 0.504. The van der Waals surface area contributed by atoms with E-state index in [0.29, 0.717) is 60.3 Å². The van der Waals surface area contributed by atoms with E-state index in [1.165, 1.54) is 0 Å². The Labute approximate surface area is 204 Å². The van der Waals surface area contributed by atoms with Crippen LogP contribution in [0.25, 0.3) is 10.9 Å². The van der Waals surface area contributed by atoms with E-state index in [-0.39, 0.29) is 11.8 Å². The molecule has 1 aliphatic rings. The van der Waals surface area contributed by atoms with Gasteiger partial charge in [0.1, 0.15) is 11.4 Å². The standard InChI is InChI=1S/C26H31N3O6/c1-28-19-10-9-17(32-2)15-18(19)22(29-14-6-7-21(29)30)23(28)26(31)27-13-12-16-8-11-20(33-3)25(35-5)24(16)34-4/h8-11,15H,6-7,12-14H2,1-5H3,(H,27,31). The van der Waals surface area contributed by atoms with Gasteiger partial charge < -0.3 is 33.7 Å². The smallest absolute Gasteiger partial charge is 0.270 e. The molecule has 3 aromatic rings. The van der Waals surface area contributed by atoms with E-state index in [9.17, 15) is 9.59 Å². The Morgan fingerprint density at radius 2 is 1.77 bits per heavy atom. The Hall–Kier alpha value is -3.88. The number of aromatic nitrogens is 1. The molecule has 0 atom stereocenters. The largest absolute Gasteiger partial charge is 0.497 e. The third-order valence-corrected chi connectivity index (χ3v) is 6.40. The average Bonchev–Trinajstić information content (AvgIpc) is 3.42. The molecule has 4 rings (SSSR count). The number of carbonyl (C=O) groups is 2. The average molecular weight is 482 g/mol. The lowest BCUT2D eigenvalue weighted by atomic mass is 10.1. The number of methoxy groups -OCH3 is 4. The Morgan fingerprint density at radius 1 is 1.00 bits per heavy atom. The number of ether oxygens (including phenoxy) is 4. The van der Waals surface area contributed by atoms with Crippen LogP contribution in [0, 0.1) is 0 Å². The van der Waals surface area contributed by atoms with Crippen molar-refractivity contribution in [3.63, 3.8) is 0 Å². The molecule has 2 heterocycles. The van der Waals surface area contributed by atoms with Crippen LogP contribution in [0.4, 0.5) is 5.69 Å². The molecule has 9 heteroatoms. The van der Waals surface area contributed by atoms with Gasteiger partial charge in [0.05, 0.1) is 39.6 Å². The molecular formula is C26H31N3O6. The van der Waals surface area contributed by atoms with E-state index in [2.05, 4.69) is 5.32 Å². The van der Waals surface area contributed by atoms with Gasteiger partial charge in [-0.2, -0.15) is 0 Å². The maximum atomic E-state index is 13.5. The van der Waals surface area contributed by atoms with Crippen molar-refractivity contribution in [1.82, 2.24) is 9.88 Å². The molecule has 1 saturated heterocycles. The number of nitrogens with one attached hydrogen (secondary N) is 1. The summed E-state index contributed by atoms with van der Waals surface area (Å²) in [6, 6.07) is 9.34. The molecule has 9 nitrogen and oxygen atoms in total. The van der Waals surface area contributed by atoms with Gasteiger partial charge in [0, 0.05) is 37.5 Å². The van der Waals surface area contributed by atoms with Crippen molar-refractivity contribution >= 4 is 28.4 Å². The topological polar surface area (TPSA) is 91.3 Å². The fourth-order valence-electron chi connectivity index (χ4n) is 4.70. The summed E-state index contributed by atoms with van der Waals surface area (Å²) in [5.74, 6) is 2.09. The van der Waals surface area contributed by atoms with Crippen molar-refractivity contribution in [2.45, 2.75) is 19.3 Å². The van der Waals surface area contributed by atoms with Gasteiger partial charge in [-0.15, -0.1) is 0 Å². The van der Waals surface area contributed by atoms with Crippen LogP contribution in [0.5, 0.6) is 23.0 Å². The number of nitrogens with zero attached hydrogens (tertiary/aromatic N) is 2. The molecule has 35 heavy (non-hydrogen) atoms. The van der Waals surface area contributed by atoms with Crippen molar-refractivity contribution in [1.29, 1.82) is 0 Å². The molecule has 1 N–H and O–H groups in total. The van der Waals surface area contributed by atoms with E-state index in [1.807, 2.05) is 41.9 Å². The highest BCUT2D eigenvalue weighted by molar-refractivity contribution is 6.14. The molecule has 2 amide bonds. The predicted molar refractivity (Wildman–Crippen MR) is 133 cm³/mol. The van der Waals surface area contributed by atoms with Crippen LogP contribution >= 0.6 is 0 Å². The molecule has 0 saturated carbocycles. The van der Waals surface area contributed by atoms with E-state index in [1.54, 1.807) is 33.3 Å². The minimum atomic E-state index is -0.253. The Balaban J connectivity index is 1.64. The van der Waals surface area contributed by atoms with Crippen molar-refractivity contribution < 1.29 is 28.5 Å². The summed E-state index contributed by atoms with van der Waals surface area (Å²) in [6.07, 6.45) is 1.75. The highest BCUT2D eigenvalue weighted by Crippen LogP contribution is 2.40. The third-order valence-electron chi connectivity index (χ3n) is 6.40. The van der Waals surface area contributed by atoms with Crippen LogP contribution < -0.4 is 29.2 Å². The van der Waals surface area contributed by atoms with Gasteiger partial charge in [0.25, 0.3) is 5.91 Å². The van der Waals surface area contributed by atoms with Gasteiger partial charge in [0.2, 0.25) is 11.7 Å². The highest BCUT2D eigenvalue weighted by atomic mass is 16.5. The van der Waals surface area contributed by atoms with Crippen LogP contribution in [-0.2, 0) is 18.3 Å². The second-order valence-electron chi connectivity index (χ2n) is 8.29. The predicted octanol–water partition coefficient (Wildman–Crippen LogP) is 3.31. The monoisotopic (exact) mass is 481 g/mol. The molecule has 186 valence electrons. The molecule has 0 unspecified atom stereocenters. The zero-order valence-corrected chi connectivity index (χ0v) is 20.8. The number of amides is 2. The van der Waals surface area contributed by atoms with E-state index in [0.717, 1.165) is 22.9 Å². The first-order valence-electron chi connectivity index (χ1n) is 11.5. The fourth-order valence-corrected chi connectivity index (χ4v) is 4.70. The van der Waals surface area contributed by atoms with E-state index in [4.69, 9.17) is 18.9 Å². The van der Waals surface area contributed by atoms with Gasteiger partial charge in [-0.3, -0.25) is 9.59 Å². The number of carbonyl (C=O) groups excluding carboxylic acids is 2. The molecule has 0 spiro atoms. The lowest BCUT2D eigenvalue weighted by Crippen LogP contribution is -2.31. The summed E-state index contributed by atoms with van der Waals surface area (Å²) in [6.45, 7) is 0.946. The minimum absolute atomic E-state index is 0.0180. The third kappa shape index (κ3) is 4.34. The van der Waals surface area contributed by atoms with Crippen molar-refractivity contribution in [2.24, 2.45) is 7.05 Å². The molecular weight excluding hydrogens is 450 g/mol. The van der Waals surface area contributed by atoms with E-state index < -0.39 is 0 Å². The normalized spacial score (nSPS) is 13.3. The zero-order valence-electron chi connectivity index (χ0n) is 20.8. The van der Waals surface area contributed by atoms with Gasteiger partial charge in [-0.1, -0.05) is 6.07 Å². The van der Waals surface area contributed by atoms with Crippen molar-refractivity contribution in [3.05, 3.63) is 41.6 Å². The Bertz CT molecular complexity index is 1270. The number of hydrogen-bond donors (Lipinski definition) is 1. The second-order valence-corrected chi connectivity index (χ2v) is 8.29. The van der Waals surface area contributed by atoms with E-state index >= 15 is 0 Å². The number of aryl methyl sites for hydroxylation is 1. The molecule has 1 fully saturated rings. The van der Waals surface area contributed by atoms with Crippen LogP contribution in [0.3, 0.4) is 0 Å². The van der Waals surface area contributed by atoms with Crippen LogP contribution in [0.2, 0.25) is 0 Å². The number of rotatable bonds is 9. The van der Waals surface area contributed by atoms with Gasteiger partial charge >= 0.3 is 0 Å². The summed E-state index contributed by atoms with van der Waals surface area (Å²) in [7, 11) is 8.13. The summed E-state index contributed by atoms with van der Waals surface area (Å²) in [4.78, 5) is 27.8. The number of hydrogen-bond acceptors (Lipinski definition) is 6. The Kier molecular flexibility index (Phi) is 7.04. The number of fused-ring (bicyclic) bond motifs is 1. The molecule has 2 aromatic carbocycles. The summed E-state index contributed by atoms with van der Waals surface area (Å²) in [5.41, 5.74) is 2.81. The summed E-state index contributed by atoms with van der Waals surface area (Å²) in [5, 5.41) is 3.83. The number of anilines is 1. The van der Waals surface area contributed by atoms with Crippen molar-refractivity contribution in [2.75, 3.05) is 46.4 Å². The summed E-state index contributed by atoms with van der Waals surface area (Å²) < 4.78 is 23.6. The maximum Gasteiger partial charge on any atom is 0.270 e. The molecule has 0 aliphatic carbocycles. The highest BCUT2D eigenvalue weighted by Gasteiger charge is 2.31. The maximum absolute atomic E-state index is 13.5. The first-order valence-corrected chi connectivity index (χ1v) is 11.5. The number of benzene rings is 2. The first-order chi connectivity index (χ1) is 16.9. The Morgan fingerprint density at radius 3 is 2.40 bits per heavy atom. The SMILES string of the molecule is COc1ccc2c(c1)c(N1CCCC1=O)c(C(=O)NCCc1ccc(OC)c(OC)c1OC)n2C. The molecule has 1 aromatic heterocycles. The minimum Gasteiger partial charge on any atom is -0.497 e. The van der Waals surface area contributed by atoms with Crippen LogP contribution in [0.15, 0.2) is 30.3 Å².